The number of tetrazole rings is 1. The van der Waals surface area contributed by atoms with Crippen LogP contribution in [-0.4, -0.2) is 46.1 Å². The molecular weight excluding hydrogens is 299 g/mol. The second-order valence-electron chi connectivity index (χ2n) is 4.25. The Balaban J connectivity index is 1.87. The van der Waals surface area contributed by atoms with Crippen molar-refractivity contribution in [3.05, 3.63) is 30.1 Å². The van der Waals surface area contributed by atoms with Crippen LogP contribution in [0.5, 0.6) is 0 Å². The summed E-state index contributed by atoms with van der Waals surface area (Å²) < 4.78 is 17.5. The number of hydrogen-bond acceptors (Lipinski definition) is 6. The van der Waals surface area contributed by atoms with Crippen LogP contribution in [0.15, 0.2) is 24.4 Å². The van der Waals surface area contributed by atoms with E-state index in [2.05, 4.69) is 25.6 Å². The Morgan fingerprint density at radius 2 is 2.24 bits per heavy atom. The van der Waals surface area contributed by atoms with Crippen molar-refractivity contribution >= 4 is 13.2 Å². The first-order valence-electron chi connectivity index (χ1n) is 5.86. The Hall–Kier alpha value is -2.13. The van der Waals surface area contributed by atoms with Gasteiger partial charge in [0.15, 0.2) is 0 Å². The average molecular weight is 310 g/mol. The van der Waals surface area contributed by atoms with Crippen LogP contribution < -0.4 is 0 Å². The average Bonchev–Trinajstić information content (AvgIpc) is 3.06. The van der Waals surface area contributed by atoms with Crippen LogP contribution in [0, 0.1) is 0 Å². The van der Waals surface area contributed by atoms with E-state index in [1.807, 2.05) is 0 Å². The van der Waals surface area contributed by atoms with Crippen molar-refractivity contribution in [2.45, 2.75) is 6.61 Å². The second kappa shape index (κ2) is 5.34. The first kappa shape index (κ1) is 13.8. The van der Waals surface area contributed by atoms with Gasteiger partial charge in [0, 0.05) is 11.9 Å². The molecule has 0 unspecified atom stereocenters. The normalized spacial score (nSPS) is 12.1. The fraction of sp³-hybridized carbons (Fsp3) is 0.200. The lowest BCUT2D eigenvalue weighted by Crippen LogP contribution is -2.01. The van der Waals surface area contributed by atoms with Crippen LogP contribution in [0.2, 0.25) is 0 Å². The van der Waals surface area contributed by atoms with Gasteiger partial charge < -0.3 is 18.9 Å². The quantitative estimate of drug-likeness (QED) is 0.567. The molecule has 110 valence electrons. The molecule has 0 amide bonds. The molecule has 3 aromatic rings. The van der Waals surface area contributed by atoms with E-state index in [1.165, 1.54) is 0 Å². The number of pyridine rings is 1. The first-order chi connectivity index (χ1) is 10.0. The lowest BCUT2D eigenvalue weighted by Gasteiger charge is -2.07. The number of fused-ring (bicyclic) bond motifs is 1. The molecule has 3 aromatic heterocycles. The molecule has 0 aromatic carbocycles. The molecule has 0 aliphatic rings. The SMILES string of the molecule is O=P(O)(O)COCc1cccc2nc(-c3nn[nH]n3)cn12. The second-order valence-corrected chi connectivity index (χ2v) is 5.84. The third kappa shape index (κ3) is 3.14. The maximum Gasteiger partial charge on any atom is 0.350 e. The third-order valence-corrected chi connectivity index (χ3v) is 3.18. The van der Waals surface area contributed by atoms with Gasteiger partial charge in [0.2, 0.25) is 5.82 Å². The van der Waals surface area contributed by atoms with Crippen molar-refractivity contribution in [1.29, 1.82) is 0 Å². The zero-order chi connectivity index (χ0) is 14.9. The lowest BCUT2D eigenvalue weighted by molar-refractivity contribution is 0.141. The van der Waals surface area contributed by atoms with Gasteiger partial charge in [-0.05, 0) is 17.3 Å². The van der Waals surface area contributed by atoms with Crippen LogP contribution in [-0.2, 0) is 15.9 Å². The Morgan fingerprint density at radius 1 is 1.38 bits per heavy atom. The molecule has 11 heteroatoms. The lowest BCUT2D eigenvalue weighted by atomic mass is 10.3. The minimum atomic E-state index is -4.18. The van der Waals surface area contributed by atoms with Gasteiger partial charge in [-0.1, -0.05) is 6.07 Å². The number of nitrogens with zero attached hydrogens (tertiary/aromatic N) is 5. The number of rotatable bonds is 5. The third-order valence-electron chi connectivity index (χ3n) is 2.66. The molecule has 0 radical (unpaired) electrons. The molecule has 0 bridgehead atoms. The molecule has 3 heterocycles. The summed E-state index contributed by atoms with van der Waals surface area (Å²) >= 11 is 0. The minimum Gasteiger partial charge on any atom is -0.363 e. The van der Waals surface area contributed by atoms with E-state index in [1.54, 1.807) is 28.8 Å². The number of ether oxygens (including phenoxy) is 1. The summed E-state index contributed by atoms with van der Waals surface area (Å²) in [5.41, 5.74) is 1.88. The molecule has 0 atom stereocenters. The van der Waals surface area contributed by atoms with Gasteiger partial charge in [0.1, 0.15) is 17.7 Å². The molecule has 10 nitrogen and oxygen atoms in total. The Kier molecular flexibility index (Phi) is 3.52. The van der Waals surface area contributed by atoms with E-state index in [9.17, 15) is 4.57 Å². The summed E-state index contributed by atoms with van der Waals surface area (Å²) in [6.45, 7) is 0.0461. The van der Waals surface area contributed by atoms with Crippen molar-refractivity contribution in [2.24, 2.45) is 0 Å². The van der Waals surface area contributed by atoms with E-state index < -0.39 is 13.9 Å². The Bertz CT molecular complexity index is 795. The number of nitrogens with one attached hydrogen (secondary N) is 1. The molecular formula is C10H11N6O4P. The Morgan fingerprint density at radius 3 is 2.95 bits per heavy atom. The van der Waals surface area contributed by atoms with E-state index in [-0.39, 0.29) is 6.61 Å². The van der Waals surface area contributed by atoms with Gasteiger partial charge in [-0.3, -0.25) is 4.57 Å². The van der Waals surface area contributed by atoms with Crippen LogP contribution >= 0.6 is 7.60 Å². The van der Waals surface area contributed by atoms with Crippen molar-refractivity contribution < 1.29 is 19.1 Å². The maximum atomic E-state index is 10.8. The van der Waals surface area contributed by atoms with Crippen molar-refractivity contribution in [1.82, 2.24) is 30.0 Å². The smallest absolute Gasteiger partial charge is 0.350 e. The van der Waals surface area contributed by atoms with E-state index in [0.717, 1.165) is 0 Å². The van der Waals surface area contributed by atoms with E-state index in [4.69, 9.17) is 14.5 Å². The highest BCUT2D eigenvalue weighted by Gasteiger charge is 2.14. The zero-order valence-corrected chi connectivity index (χ0v) is 11.5. The highest BCUT2D eigenvalue weighted by Crippen LogP contribution is 2.34. The molecule has 0 aliphatic heterocycles. The van der Waals surface area contributed by atoms with Crippen LogP contribution in [0.1, 0.15) is 5.69 Å². The molecule has 0 saturated heterocycles. The first-order valence-corrected chi connectivity index (χ1v) is 7.66. The summed E-state index contributed by atoms with van der Waals surface area (Å²) in [7, 11) is -4.18. The number of H-pyrrole nitrogens is 1. The monoisotopic (exact) mass is 310 g/mol. The summed E-state index contributed by atoms with van der Waals surface area (Å²) in [4.78, 5) is 21.9. The summed E-state index contributed by atoms with van der Waals surface area (Å²) in [6.07, 6.45) is 1.08. The van der Waals surface area contributed by atoms with Gasteiger partial charge in [-0.15, -0.1) is 10.2 Å². The van der Waals surface area contributed by atoms with Crippen molar-refractivity contribution in [3.8, 4) is 11.5 Å². The summed E-state index contributed by atoms with van der Waals surface area (Å²) in [5, 5.41) is 13.5. The predicted octanol–water partition coefficient (Wildman–Crippen LogP) is 0.166. The standard InChI is InChI=1S/C10H11N6O4P/c17-21(18,19)6-20-5-7-2-1-3-9-11-8(4-16(7)9)10-12-14-15-13-10/h1-4H,5-6H2,(H2,17,18,19)(H,12,13,14,15). The predicted molar refractivity (Wildman–Crippen MR) is 70.1 cm³/mol. The number of aromatic amines is 1. The molecule has 0 aliphatic carbocycles. The van der Waals surface area contributed by atoms with Crippen LogP contribution in [0.4, 0.5) is 0 Å². The number of aromatic nitrogens is 6. The topological polar surface area (TPSA) is 139 Å². The fourth-order valence-corrected chi connectivity index (χ4v) is 2.16. The Labute approximate surface area is 117 Å². The van der Waals surface area contributed by atoms with Gasteiger partial charge in [0.05, 0.1) is 6.61 Å². The molecule has 3 N–H and O–H groups in total. The highest BCUT2D eigenvalue weighted by atomic mass is 31.2. The molecule has 0 fully saturated rings. The summed E-state index contributed by atoms with van der Waals surface area (Å²) in [5.74, 6) is 0.362. The minimum absolute atomic E-state index is 0.0461. The molecule has 3 rings (SSSR count). The summed E-state index contributed by atoms with van der Waals surface area (Å²) in [6, 6.07) is 5.34. The van der Waals surface area contributed by atoms with Gasteiger partial charge in [-0.2, -0.15) is 5.21 Å². The van der Waals surface area contributed by atoms with Gasteiger partial charge in [0.25, 0.3) is 0 Å². The van der Waals surface area contributed by atoms with Gasteiger partial charge >= 0.3 is 7.60 Å². The van der Waals surface area contributed by atoms with E-state index in [0.29, 0.717) is 22.9 Å². The van der Waals surface area contributed by atoms with Gasteiger partial charge in [-0.25, -0.2) is 4.98 Å². The van der Waals surface area contributed by atoms with Crippen LogP contribution in [0.3, 0.4) is 0 Å². The number of imidazole rings is 1. The highest BCUT2D eigenvalue weighted by molar-refractivity contribution is 7.51. The largest absolute Gasteiger partial charge is 0.363 e. The maximum absolute atomic E-state index is 10.8. The molecule has 21 heavy (non-hydrogen) atoms. The van der Waals surface area contributed by atoms with Crippen molar-refractivity contribution in [2.75, 3.05) is 6.35 Å². The van der Waals surface area contributed by atoms with E-state index >= 15 is 0 Å². The zero-order valence-electron chi connectivity index (χ0n) is 10.6. The molecule has 0 spiro atoms. The molecule has 0 saturated carbocycles. The van der Waals surface area contributed by atoms with Crippen molar-refractivity contribution in [3.63, 3.8) is 0 Å². The van der Waals surface area contributed by atoms with Crippen LogP contribution in [0.25, 0.3) is 17.2 Å². The fourth-order valence-electron chi connectivity index (χ4n) is 1.83. The number of hydrogen-bond donors (Lipinski definition) is 3.